The molecule has 0 spiro atoms. The van der Waals surface area contributed by atoms with Gasteiger partial charge in [0.15, 0.2) is 0 Å². The minimum atomic E-state index is -0.540. The normalized spacial score (nSPS) is 16.2. The predicted molar refractivity (Wildman–Crippen MR) is 109 cm³/mol. The lowest BCUT2D eigenvalue weighted by molar-refractivity contribution is -0.140. The number of carbonyl (C=O) groups excluding carboxylic acids is 2. The van der Waals surface area contributed by atoms with Crippen LogP contribution >= 0.6 is 0 Å². The van der Waals surface area contributed by atoms with Crippen LogP contribution < -0.4 is 4.90 Å². The Hall–Kier alpha value is -3.17. The van der Waals surface area contributed by atoms with Gasteiger partial charge in [-0.25, -0.2) is 0 Å². The van der Waals surface area contributed by atoms with E-state index in [-0.39, 0.29) is 18.0 Å². The quantitative estimate of drug-likeness (QED) is 0.414. The summed E-state index contributed by atoms with van der Waals surface area (Å²) in [4.78, 5) is 28.3. The van der Waals surface area contributed by atoms with Crippen LogP contribution in [-0.2, 0) is 14.3 Å². The van der Waals surface area contributed by atoms with Gasteiger partial charge in [0.05, 0.1) is 0 Å². The maximum Gasteiger partial charge on any atom is 0.271 e. The highest BCUT2D eigenvalue weighted by Gasteiger charge is 2.34. The van der Waals surface area contributed by atoms with Gasteiger partial charge in [-0.3, -0.25) is 14.5 Å². The van der Waals surface area contributed by atoms with Gasteiger partial charge in [-0.05, 0) is 42.7 Å². The SMILES string of the molecule is COCCCN1C(=O)C(C#N)=C(C)/C(=C\C=C\c2ccc(N(C)C)cc2)C1=O. The molecule has 6 nitrogen and oxygen atoms in total. The van der Waals surface area contributed by atoms with E-state index in [1.54, 1.807) is 26.2 Å². The zero-order chi connectivity index (χ0) is 20.7. The number of carbonyl (C=O) groups is 2. The van der Waals surface area contributed by atoms with Crippen molar-refractivity contribution in [2.45, 2.75) is 13.3 Å². The van der Waals surface area contributed by atoms with E-state index in [2.05, 4.69) is 0 Å². The molecule has 0 saturated carbocycles. The van der Waals surface area contributed by atoms with Crippen LogP contribution in [0.15, 0.2) is 53.1 Å². The van der Waals surface area contributed by atoms with Crippen molar-refractivity contribution in [3.8, 4) is 6.07 Å². The van der Waals surface area contributed by atoms with Crippen molar-refractivity contribution < 1.29 is 14.3 Å². The van der Waals surface area contributed by atoms with Gasteiger partial charge in [-0.2, -0.15) is 5.26 Å². The Bertz CT molecular complexity index is 871. The lowest BCUT2D eigenvalue weighted by atomic mass is 9.94. The zero-order valence-corrected chi connectivity index (χ0v) is 16.7. The van der Waals surface area contributed by atoms with Crippen molar-refractivity contribution >= 4 is 23.6 Å². The Morgan fingerprint density at radius 3 is 2.43 bits per heavy atom. The van der Waals surface area contributed by atoms with Crippen LogP contribution in [0.3, 0.4) is 0 Å². The number of nitrogens with zero attached hydrogens (tertiary/aromatic N) is 3. The first-order chi connectivity index (χ1) is 13.4. The van der Waals surface area contributed by atoms with Crippen LogP contribution in [0.5, 0.6) is 0 Å². The summed E-state index contributed by atoms with van der Waals surface area (Å²) in [5.74, 6) is -0.924. The van der Waals surface area contributed by atoms with Gasteiger partial charge in [0.25, 0.3) is 11.8 Å². The van der Waals surface area contributed by atoms with E-state index in [0.717, 1.165) is 16.2 Å². The van der Waals surface area contributed by atoms with E-state index < -0.39 is 5.91 Å². The van der Waals surface area contributed by atoms with Crippen LogP contribution in [-0.4, -0.2) is 51.1 Å². The van der Waals surface area contributed by atoms with Crippen molar-refractivity contribution in [3.63, 3.8) is 0 Å². The highest BCUT2D eigenvalue weighted by molar-refractivity contribution is 6.18. The Labute approximate surface area is 166 Å². The summed E-state index contributed by atoms with van der Waals surface area (Å²) in [6, 6.07) is 9.92. The molecule has 0 N–H and O–H groups in total. The molecular formula is C22H25N3O3. The molecule has 0 bridgehead atoms. The summed E-state index contributed by atoms with van der Waals surface area (Å²) >= 11 is 0. The van der Waals surface area contributed by atoms with Crippen molar-refractivity contribution in [2.24, 2.45) is 0 Å². The third-order valence-electron chi connectivity index (χ3n) is 4.52. The molecule has 1 heterocycles. The number of imide groups is 1. The fraction of sp³-hybridized carbons (Fsp3) is 0.318. The molecular weight excluding hydrogens is 354 g/mol. The monoisotopic (exact) mass is 379 g/mol. The summed E-state index contributed by atoms with van der Waals surface area (Å²) in [6.07, 6.45) is 5.82. The standard InChI is InChI=1S/C22H25N3O3/c1-16-19(8-5-7-17-9-11-18(12-10-17)24(2)3)21(26)25(13-6-14-28-4)22(27)20(16)15-23/h5,7-12H,6,13-14H2,1-4H3/b7-5+,19-8+. The maximum atomic E-state index is 12.8. The summed E-state index contributed by atoms with van der Waals surface area (Å²) in [5, 5.41) is 9.36. The number of nitriles is 1. The average molecular weight is 379 g/mol. The number of allylic oxidation sites excluding steroid dienone is 2. The third kappa shape index (κ3) is 4.76. The maximum absolute atomic E-state index is 12.8. The Morgan fingerprint density at radius 1 is 1.18 bits per heavy atom. The second kappa shape index (κ2) is 9.67. The first-order valence-corrected chi connectivity index (χ1v) is 9.03. The van der Waals surface area contributed by atoms with Gasteiger partial charge in [0.2, 0.25) is 0 Å². The highest BCUT2D eigenvalue weighted by Crippen LogP contribution is 2.25. The molecule has 28 heavy (non-hydrogen) atoms. The van der Waals surface area contributed by atoms with Crippen LogP contribution in [0.4, 0.5) is 5.69 Å². The molecule has 1 aromatic carbocycles. The fourth-order valence-electron chi connectivity index (χ4n) is 2.87. The topological polar surface area (TPSA) is 73.6 Å². The van der Waals surface area contributed by atoms with Crippen LogP contribution in [0.1, 0.15) is 18.9 Å². The molecule has 2 amide bonds. The van der Waals surface area contributed by atoms with Gasteiger partial charge >= 0.3 is 0 Å². The number of hydrogen-bond acceptors (Lipinski definition) is 5. The van der Waals surface area contributed by atoms with E-state index in [4.69, 9.17) is 4.74 Å². The molecule has 6 heteroatoms. The number of rotatable bonds is 7. The Balaban J connectivity index is 2.27. The molecule has 1 aromatic rings. The second-order valence-electron chi connectivity index (χ2n) is 6.65. The summed E-state index contributed by atoms with van der Waals surface area (Å²) in [7, 11) is 5.52. The minimum absolute atomic E-state index is 0.00648. The Morgan fingerprint density at radius 2 is 1.86 bits per heavy atom. The molecule has 0 saturated heterocycles. The smallest absolute Gasteiger partial charge is 0.271 e. The highest BCUT2D eigenvalue weighted by atomic mass is 16.5. The molecule has 1 aliphatic heterocycles. The van der Waals surface area contributed by atoms with Crippen molar-refractivity contribution in [3.05, 3.63) is 58.7 Å². The zero-order valence-electron chi connectivity index (χ0n) is 16.7. The number of amides is 2. The summed E-state index contributed by atoms with van der Waals surface area (Å²) in [6.45, 7) is 2.28. The van der Waals surface area contributed by atoms with Crippen LogP contribution in [0.2, 0.25) is 0 Å². The van der Waals surface area contributed by atoms with Crippen LogP contribution in [0, 0.1) is 11.3 Å². The first-order valence-electron chi connectivity index (χ1n) is 9.03. The molecule has 0 atom stereocenters. The van der Waals surface area contributed by atoms with Crippen molar-refractivity contribution in [2.75, 3.05) is 39.3 Å². The van der Waals surface area contributed by atoms with E-state index >= 15 is 0 Å². The predicted octanol–water partition coefficient (Wildman–Crippen LogP) is 2.94. The van der Waals surface area contributed by atoms with Crippen molar-refractivity contribution in [1.82, 2.24) is 4.90 Å². The first kappa shape index (κ1) is 21.1. The molecule has 1 aliphatic rings. The molecule has 146 valence electrons. The van der Waals surface area contributed by atoms with Gasteiger partial charge in [-0.1, -0.05) is 24.3 Å². The largest absolute Gasteiger partial charge is 0.385 e. The lowest BCUT2D eigenvalue weighted by Crippen LogP contribution is -2.43. The molecule has 0 radical (unpaired) electrons. The molecule has 0 aliphatic carbocycles. The second-order valence-corrected chi connectivity index (χ2v) is 6.65. The van der Waals surface area contributed by atoms with Gasteiger partial charge in [0.1, 0.15) is 11.6 Å². The van der Waals surface area contributed by atoms with Gasteiger partial charge in [-0.15, -0.1) is 0 Å². The molecule has 0 aromatic heterocycles. The fourth-order valence-corrected chi connectivity index (χ4v) is 2.87. The Kier molecular flexibility index (Phi) is 7.30. The summed E-state index contributed by atoms with van der Waals surface area (Å²) < 4.78 is 4.99. The molecule has 0 fully saturated rings. The van der Waals surface area contributed by atoms with E-state index in [0.29, 0.717) is 24.2 Å². The number of methoxy groups -OCH3 is 1. The number of anilines is 1. The number of hydrogen-bond donors (Lipinski definition) is 0. The molecule has 2 rings (SSSR count). The average Bonchev–Trinajstić information content (AvgIpc) is 2.68. The lowest BCUT2D eigenvalue weighted by Gasteiger charge is -2.27. The summed E-state index contributed by atoms with van der Waals surface area (Å²) in [5.41, 5.74) is 2.86. The van der Waals surface area contributed by atoms with Gasteiger partial charge in [0, 0.05) is 45.6 Å². The van der Waals surface area contributed by atoms with E-state index in [1.807, 2.05) is 55.4 Å². The van der Waals surface area contributed by atoms with Crippen LogP contribution in [0.25, 0.3) is 6.08 Å². The number of benzene rings is 1. The van der Waals surface area contributed by atoms with E-state index in [9.17, 15) is 14.9 Å². The van der Waals surface area contributed by atoms with E-state index in [1.165, 1.54) is 0 Å². The van der Waals surface area contributed by atoms with Gasteiger partial charge < -0.3 is 9.64 Å². The third-order valence-corrected chi connectivity index (χ3v) is 4.52. The minimum Gasteiger partial charge on any atom is -0.385 e. The van der Waals surface area contributed by atoms with Crippen molar-refractivity contribution in [1.29, 1.82) is 5.26 Å². The molecule has 0 unspecified atom stereocenters. The number of ether oxygens (including phenoxy) is 1.